The van der Waals surface area contributed by atoms with Crippen LogP contribution < -0.4 is 4.74 Å². The molecule has 1 N–H and O–H groups in total. The van der Waals surface area contributed by atoms with Gasteiger partial charge >= 0.3 is 5.97 Å². The smallest absolute Gasteiger partial charge is 0.335 e. The summed E-state index contributed by atoms with van der Waals surface area (Å²) in [6.45, 7) is 0. The van der Waals surface area contributed by atoms with Gasteiger partial charge in [0, 0.05) is 11.6 Å². The molecule has 4 nitrogen and oxygen atoms in total. The lowest BCUT2D eigenvalue weighted by Gasteiger charge is -2.04. The van der Waals surface area contributed by atoms with Gasteiger partial charge in [-0.25, -0.2) is 9.78 Å². The van der Waals surface area contributed by atoms with Crippen molar-refractivity contribution < 1.29 is 14.6 Å². The Morgan fingerprint density at radius 2 is 2.20 bits per heavy atom. The molecule has 76 valence electrons. The summed E-state index contributed by atoms with van der Waals surface area (Å²) in [6, 6.07) is 6.67. The first-order chi connectivity index (χ1) is 7.22. The van der Waals surface area contributed by atoms with Gasteiger partial charge in [-0.2, -0.15) is 0 Å². The van der Waals surface area contributed by atoms with E-state index in [0.29, 0.717) is 11.3 Å². The van der Waals surface area contributed by atoms with Crippen LogP contribution in [0, 0.1) is 0 Å². The van der Waals surface area contributed by atoms with Gasteiger partial charge in [0.05, 0.1) is 12.7 Å². The molecule has 0 bridgehead atoms. The van der Waals surface area contributed by atoms with E-state index in [1.54, 1.807) is 24.4 Å². The number of methoxy groups -OCH3 is 1. The van der Waals surface area contributed by atoms with Gasteiger partial charge in [0.15, 0.2) is 0 Å². The van der Waals surface area contributed by atoms with E-state index in [0.717, 1.165) is 5.39 Å². The van der Waals surface area contributed by atoms with Crippen LogP contribution in [-0.2, 0) is 0 Å². The number of ether oxygens (including phenoxy) is 1. The second-order valence-electron chi connectivity index (χ2n) is 3.06. The number of fused-ring (bicyclic) bond motifs is 1. The first kappa shape index (κ1) is 9.45. The number of aromatic carboxylic acids is 1. The van der Waals surface area contributed by atoms with E-state index in [2.05, 4.69) is 4.98 Å². The van der Waals surface area contributed by atoms with E-state index in [4.69, 9.17) is 9.84 Å². The van der Waals surface area contributed by atoms with E-state index in [-0.39, 0.29) is 5.56 Å². The number of carbonyl (C=O) groups is 1. The molecule has 0 aliphatic rings. The monoisotopic (exact) mass is 203 g/mol. The summed E-state index contributed by atoms with van der Waals surface area (Å²) in [5, 5.41) is 10.5. The molecule has 0 saturated carbocycles. The Morgan fingerprint density at radius 1 is 1.40 bits per heavy atom. The maximum Gasteiger partial charge on any atom is 0.335 e. The quantitative estimate of drug-likeness (QED) is 0.810. The average Bonchev–Trinajstić information content (AvgIpc) is 2.27. The molecule has 0 amide bonds. The summed E-state index contributed by atoms with van der Waals surface area (Å²) >= 11 is 0. The van der Waals surface area contributed by atoms with Gasteiger partial charge < -0.3 is 9.84 Å². The number of benzene rings is 1. The predicted octanol–water partition coefficient (Wildman–Crippen LogP) is 1.94. The van der Waals surface area contributed by atoms with Crippen LogP contribution in [0.1, 0.15) is 10.4 Å². The molecule has 0 unspecified atom stereocenters. The Labute approximate surface area is 86.1 Å². The van der Waals surface area contributed by atoms with Crippen molar-refractivity contribution in [3.05, 3.63) is 36.0 Å². The fourth-order valence-corrected chi connectivity index (χ4v) is 1.44. The highest BCUT2D eigenvalue weighted by Gasteiger charge is 2.07. The molecule has 0 atom stereocenters. The molecule has 0 aliphatic carbocycles. The Bertz CT molecular complexity index is 522. The number of hydrogen-bond acceptors (Lipinski definition) is 3. The fraction of sp³-hybridized carbons (Fsp3) is 0.0909. The van der Waals surface area contributed by atoms with Gasteiger partial charge in [0.2, 0.25) is 5.88 Å². The lowest BCUT2D eigenvalue weighted by molar-refractivity contribution is 0.0697. The number of hydrogen-bond donors (Lipinski definition) is 1. The Morgan fingerprint density at radius 3 is 2.87 bits per heavy atom. The van der Waals surface area contributed by atoms with Crippen LogP contribution in [0.15, 0.2) is 30.5 Å². The molecule has 1 aromatic heterocycles. The largest absolute Gasteiger partial charge is 0.481 e. The molecular formula is C11H9NO3. The summed E-state index contributed by atoms with van der Waals surface area (Å²) in [7, 11) is 1.51. The number of aromatic nitrogens is 1. The minimum Gasteiger partial charge on any atom is -0.481 e. The van der Waals surface area contributed by atoms with Crippen molar-refractivity contribution in [1.82, 2.24) is 4.98 Å². The van der Waals surface area contributed by atoms with Gasteiger partial charge in [-0.05, 0) is 23.6 Å². The minimum atomic E-state index is -0.956. The normalized spacial score (nSPS) is 10.2. The zero-order valence-electron chi connectivity index (χ0n) is 8.10. The van der Waals surface area contributed by atoms with E-state index < -0.39 is 5.97 Å². The van der Waals surface area contributed by atoms with Gasteiger partial charge in [0.1, 0.15) is 0 Å². The molecule has 1 heterocycles. The van der Waals surface area contributed by atoms with Gasteiger partial charge in [-0.15, -0.1) is 0 Å². The van der Waals surface area contributed by atoms with Crippen LogP contribution in [0.5, 0.6) is 5.88 Å². The Balaban J connectivity index is 2.72. The third-order valence-corrected chi connectivity index (χ3v) is 2.17. The first-order valence-corrected chi connectivity index (χ1v) is 4.38. The molecule has 4 heteroatoms. The maximum absolute atomic E-state index is 10.8. The van der Waals surface area contributed by atoms with E-state index in [9.17, 15) is 4.79 Å². The van der Waals surface area contributed by atoms with Crippen LogP contribution in [0.2, 0.25) is 0 Å². The van der Waals surface area contributed by atoms with Gasteiger partial charge in [-0.1, -0.05) is 6.07 Å². The number of rotatable bonds is 2. The van der Waals surface area contributed by atoms with Crippen LogP contribution >= 0.6 is 0 Å². The molecule has 1 aromatic carbocycles. The standard InChI is InChI=1S/C11H9NO3/c1-15-10-9-6-8(11(13)14)3-2-7(9)4-5-12-10/h2-6H,1H3,(H,13,14). The van der Waals surface area contributed by atoms with Crippen LogP contribution in [-0.4, -0.2) is 23.2 Å². The van der Waals surface area contributed by atoms with Crippen molar-refractivity contribution in [2.24, 2.45) is 0 Å². The van der Waals surface area contributed by atoms with E-state index in [1.807, 2.05) is 6.07 Å². The average molecular weight is 203 g/mol. The topological polar surface area (TPSA) is 59.4 Å². The van der Waals surface area contributed by atoms with Crippen molar-refractivity contribution in [3.8, 4) is 5.88 Å². The third-order valence-electron chi connectivity index (χ3n) is 2.17. The molecule has 2 rings (SSSR count). The van der Waals surface area contributed by atoms with Crippen molar-refractivity contribution >= 4 is 16.7 Å². The summed E-state index contributed by atoms with van der Waals surface area (Å²) in [5.41, 5.74) is 0.230. The molecule has 15 heavy (non-hydrogen) atoms. The minimum absolute atomic E-state index is 0.230. The Kier molecular flexibility index (Phi) is 2.25. The molecule has 0 fully saturated rings. The van der Waals surface area contributed by atoms with Crippen molar-refractivity contribution in [3.63, 3.8) is 0 Å². The predicted molar refractivity (Wildman–Crippen MR) is 55.3 cm³/mol. The van der Waals surface area contributed by atoms with Crippen LogP contribution in [0.25, 0.3) is 10.8 Å². The number of carboxylic acids is 1. The van der Waals surface area contributed by atoms with E-state index in [1.165, 1.54) is 7.11 Å². The zero-order chi connectivity index (χ0) is 10.8. The lowest BCUT2D eigenvalue weighted by atomic mass is 10.1. The van der Waals surface area contributed by atoms with Gasteiger partial charge in [-0.3, -0.25) is 0 Å². The van der Waals surface area contributed by atoms with E-state index >= 15 is 0 Å². The second kappa shape index (κ2) is 3.57. The summed E-state index contributed by atoms with van der Waals surface area (Å²) in [5.74, 6) is -0.515. The molecule has 0 saturated heterocycles. The SMILES string of the molecule is COc1nccc2ccc(C(=O)O)cc12. The molecule has 0 spiro atoms. The third kappa shape index (κ3) is 1.61. The Hall–Kier alpha value is -2.10. The number of carboxylic acid groups (broad SMARTS) is 1. The highest BCUT2D eigenvalue weighted by Crippen LogP contribution is 2.23. The molecule has 2 aromatic rings. The van der Waals surface area contributed by atoms with Crippen LogP contribution in [0.3, 0.4) is 0 Å². The molecular weight excluding hydrogens is 194 g/mol. The highest BCUT2D eigenvalue weighted by atomic mass is 16.5. The second-order valence-corrected chi connectivity index (χ2v) is 3.06. The fourth-order valence-electron chi connectivity index (χ4n) is 1.44. The molecule has 0 aliphatic heterocycles. The zero-order valence-corrected chi connectivity index (χ0v) is 8.10. The lowest BCUT2D eigenvalue weighted by Crippen LogP contribution is -1.96. The first-order valence-electron chi connectivity index (χ1n) is 4.38. The van der Waals surface area contributed by atoms with Gasteiger partial charge in [0.25, 0.3) is 0 Å². The number of nitrogens with zero attached hydrogens (tertiary/aromatic N) is 1. The highest BCUT2D eigenvalue weighted by molar-refractivity contribution is 5.96. The summed E-state index contributed by atoms with van der Waals surface area (Å²) in [6.07, 6.45) is 1.63. The van der Waals surface area contributed by atoms with Crippen molar-refractivity contribution in [2.45, 2.75) is 0 Å². The van der Waals surface area contributed by atoms with Crippen LogP contribution in [0.4, 0.5) is 0 Å². The van der Waals surface area contributed by atoms with Crippen molar-refractivity contribution in [1.29, 1.82) is 0 Å². The summed E-state index contributed by atoms with van der Waals surface area (Å²) in [4.78, 5) is 14.8. The maximum atomic E-state index is 10.8. The van der Waals surface area contributed by atoms with Crippen molar-refractivity contribution in [2.75, 3.05) is 7.11 Å². The molecule has 0 radical (unpaired) electrons. The number of pyridine rings is 1. The summed E-state index contributed by atoms with van der Waals surface area (Å²) < 4.78 is 5.06.